The number of H-pyrrole nitrogens is 1. The molecule has 2 N–H and O–H groups in total. The molecule has 4 rings (SSSR count). The first-order valence-electron chi connectivity index (χ1n) is 8.96. The van der Waals surface area contributed by atoms with Crippen molar-refractivity contribution >= 4 is 32.6 Å². The molecule has 0 radical (unpaired) electrons. The second kappa shape index (κ2) is 7.81. The van der Waals surface area contributed by atoms with E-state index in [2.05, 4.69) is 4.98 Å². The number of methoxy groups -OCH3 is 1. The summed E-state index contributed by atoms with van der Waals surface area (Å²) in [4.78, 5) is 14.0. The first kappa shape index (κ1) is 21.0. The Kier molecular flexibility index (Phi) is 5.30. The number of hydrogen-bond acceptors (Lipinski definition) is 4. The summed E-state index contributed by atoms with van der Waals surface area (Å²) in [5.74, 6) is -0.212. The van der Waals surface area contributed by atoms with Crippen molar-refractivity contribution in [3.05, 3.63) is 81.9 Å². The van der Waals surface area contributed by atoms with Crippen LogP contribution in [0.5, 0.6) is 5.75 Å². The number of aromatic nitrogens is 1. The Balaban J connectivity index is 2.10. The first-order valence-corrected chi connectivity index (χ1v) is 10.8. The van der Waals surface area contributed by atoms with Crippen LogP contribution in [0.15, 0.2) is 70.4 Å². The third-order valence-corrected chi connectivity index (χ3v) is 5.92. The molecule has 0 saturated carbocycles. The minimum Gasteiger partial charge on any atom is -0.496 e. The van der Waals surface area contributed by atoms with Gasteiger partial charge in [0.15, 0.2) is 0 Å². The van der Waals surface area contributed by atoms with Crippen LogP contribution >= 0.6 is 11.6 Å². The molecule has 6 nitrogen and oxygen atoms in total. The van der Waals surface area contributed by atoms with E-state index in [4.69, 9.17) is 16.3 Å². The second-order valence-electron chi connectivity index (χ2n) is 6.77. The number of nitrogens with one attached hydrogen (secondary N) is 1. The number of aromatic amines is 1. The van der Waals surface area contributed by atoms with E-state index in [0.29, 0.717) is 33.3 Å². The summed E-state index contributed by atoms with van der Waals surface area (Å²) in [6.07, 6.45) is 0. The fourth-order valence-electron chi connectivity index (χ4n) is 3.51. The zero-order valence-electron chi connectivity index (χ0n) is 16.0. The lowest BCUT2D eigenvalue weighted by Gasteiger charge is -2.16. The van der Waals surface area contributed by atoms with Crippen molar-refractivity contribution in [2.24, 2.45) is 0 Å². The maximum absolute atomic E-state index is 13.9. The van der Waals surface area contributed by atoms with Gasteiger partial charge in [0, 0.05) is 33.1 Å². The number of hydrogen-bond donors (Lipinski definition) is 2. The molecular weight excluding hydrogens is 445 g/mol. The maximum atomic E-state index is 13.9. The molecule has 0 aliphatic carbocycles. The largest absolute Gasteiger partial charge is 0.496 e. The van der Waals surface area contributed by atoms with Gasteiger partial charge in [-0.1, -0.05) is 17.7 Å². The summed E-state index contributed by atoms with van der Waals surface area (Å²) in [5, 5.41) is 0.580. The van der Waals surface area contributed by atoms with Gasteiger partial charge in [-0.05, 0) is 59.7 Å². The molecule has 3 aromatic carbocycles. The molecule has 0 amide bonds. The predicted molar refractivity (Wildman–Crippen MR) is 117 cm³/mol. The molecule has 31 heavy (non-hydrogen) atoms. The Morgan fingerprint density at radius 1 is 1.00 bits per heavy atom. The van der Waals surface area contributed by atoms with Crippen LogP contribution in [0, 0.1) is 5.82 Å². The topological polar surface area (TPSA) is 96.5 Å². The van der Waals surface area contributed by atoms with Crippen LogP contribution in [0.4, 0.5) is 4.39 Å². The summed E-state index contributed by atoms with van der Waals surface area (Å²) >= 11 is 5.98. The fraction of sp³-hybridized carbons (Fsp3) is 0.0455. The van der Waals surface area contributed by atoms with Crippen molar-refractivity contribution in [1.82, 2.24) is 4.98 Å². The highest BCUT2D eigenvalue weighted by molar-refractivity contribution is 7.86. The average Bonchev–Trinajstić information content (AvgIpc) is 2.70. The molecule has 0 aliphatic heterocycles. The van der Waals surface area contributed by atoms with E-state index in [-0.39, 0.29) is 21.0 Å². The summed E-state index contributed by atoms with van der Waals surface area (Å²) in [5.41, 5.74) is 1.48. The molecule has 0 saturated heterocycles. The third-order valence-electron chi connectivity index (χ3n) is 4.81. The number of ether oxygens (including phenoxy) is 1. The minimum atomic E-state index is -4.63. The van der Waals surface area contributed by atoms with Crippen LogP contribution in [-0.2, 0) is 10.1 Å². The predicted octanol–water partition coefficient (Wildman–Crippen LogP) is 4.91. The van der Waals surface area contributed by atoms with Gasteiger partial charge in [-0.15, -0.1) is 0 Å². The summed E-state index contributed by atoms with van der Waals surface area (Å²) in [6, 6.07) is 14.2. The van der Waals surface area contributed by atoms with Crippen molar-refractivity contribution < 1.29 is 22.1 Å². The van der Waals surface area contributed by atoms with Crippen molar-refractivity contribution in [1.29, 1.82) is 0 Å². The van der Waals surface area contributed by atoms with Crippen LogP contribution < -0.4 is 10.3 Å². The standard InChI is InChI=1S/C22H15ClFNO5S/c1-30-19-5-2-12(13-8-14(23)11-15(24)9-13)10-17(19)22-16-3-7-21(26)25-18(16)4-6-20(22)31(27,28)29/h2-11H,1H3,(H,25,26)(H,27,28,29). The van der Waals surface area contributed by atoms with Crippen LogP contribution in [-0.4, -0.2) is 25.1 Å². The molecule has 0 bridgehead atoms. The van der Waals surface area contributed by atoms with Gasteiger partial charge in [0.1, 0.15) is 16.5 Å². The zero-order chi connectivity index (χ0) is 22.3. The van der Waals surface area contributed by atoms with E-state index in [1.807, 2.05) is 0 Å². The van der Waals surface area contributed by atoms with E-state index in [9.17, 15) is 22.2 Å². The molecule has 1 heterocycles. The van der Waals surface area contributed by atoms with Crippen LogP contribution in [0.2, 0.25) is 5.02 Å². The van der Waals surface area contributed by atoms with Gasteiger partial charge >= 0.3 is 0 Å². The van der Waals surface area contributed by atoms with E-state index in [1.54, 1.807) is 24.3 Å². The van der Waals surface area contributed by atoms with Gasteiger partial charge in [-0.25, -0.2) is 4.39 Å². The second-order valence-corrected chi connectivity index (χ2v) is 8.60. The number of halogens is 2. The van der Waals surface area contributed by atoms with Gasteiger partial charge in [-0.3, -0.25) is 9.35 Å². The molecule has 0 unspecified atom stereocenters. The highest BCUT2D eigenvalue weighted by Gasteiger charge is 2.22. The molecule has 0 fully saturated rings. The smallest absolute Gasteiger partial charge is 0.295 e. The van der Waals surface area contributed by atoms with Gasteiger partial charge < -0.3 is 9.72 Å². The lowest BCUT2D eigenvalue weighted by molar-refractivity contribution is 0.416. The Labute approximate surface area is 181 Å². The minimum absolute atomic E-state index is 0.137. The van der Waals surface area contributed by atoms with Crippen molar-refractivity contribution in [2.45, 2.75) is 4.90 Å². The summed E-state index contributed by atoms with van der Waals surface area (Å²) in [7, 11) is -3.21. The Hall–Kier alpha value is -3.20. The van der Waals surface area contributed by atoms with Gasteiger partial charge in [0.25, 0.3) is 10.1 Å². The quantitative estimate of drug-likeness (QED) is 0.423. The number of fused-ring (bicyclic) bond motifs is 1. The van der Waals surface area contributed by atoms with Gasteiger partial charge in [-0.2, -0.15) is 8.42 Å². The van der Waals surface area contributed by atoms with E-state index in [1.165, 1.54) is 43.5 Å². The highest BCUT2D eigenvalue weighted by atomic mass is 35.5. The van der Waals surface area contributed by atoms with Crippen LogP contribution in [0.25, 0.3) is 33.2 Å². The molecule has 1 aromatic heterocycles. The maximum Gasteiger partial charge on any atom is 0.295 e. The lowest BCUT2D eigenvalue weighted by atomic mass is 9.95. The Morgan fingerprint density at radius 2 is 1.77 bits per heavy atom. The SMILES string of the molecule is COc1ccc(-c2cc(F)cc(Cl)c2)cc1-c1c(S(=O)(=O)O)ccc2[nH]c(=O)ccc12. The molecule has 9 heteroatoms. The summed E-state index contributed by atoms with van der Waals surface area (Å²) < 4.78 is 53.5. The van der Waals surface area contributed by atoms with Crippen molar-refractivity contribution in [3.8, 4) is 28.0 Å². The van der Waals surface area contributed by atoms with Gasteiger partial charge in [0.2, 0.25) is 5.56 Å². The molecule has 0 atom stereocenters. The number of pyridine rings is 1. The van der Waals surface area contributed by atoms with Gasteiger partial charge in [0.05, 0.1) is 7.11 Å². The monoisotopic (exact) mass is 459 g/mol. The van der Waals surface area contributed by atoms with E-state index < -0.39 is 15.9 Å². The molecule has 0 spiro atoms. The number of rotatable bonds is 4. The van der Waals surface area contributed by atoms with Crippen molar-refractivity contribution in [2.75, 3.05) is 7.11 Å². The lowest BCUT2D eigenvalue weighted by Crippen LogP contribution is -2.06. The summed E-state index contributed by atoms with van der Waals surface area (Å²) in [6.45, 7) is 0. The highest BCUT2D eigenvalue weighted by Crippen LogP contribution is 2.41. The number of benzene rings is 3. The Bertz CT molecular complexity index is 1480. The molecule has 158 valence electrons. The normalized spacial score (nSPS) is 11.6. The molecular formula is C22H15ClFNO5S. The fourth-order valence-corrected chi connectivity index (χ4v) is 4.45. The molecule has 4 aromatic rings. The Morgan fingerprint density at radius 3 is 2.45 bits per heavy atom. The first-order chi connectivity index (χ1) is 14.7. The van der Waals surface area contributed by atoms with Crippen molar-refractivity contribution in [3.63, 3.8) is 0 Å². The van der Waals surface area contributed by atoms with E-state index in [0.717, 1.165) is 0 Å². The molecule has 0 aliphatic rings. The van der Waals surface area contributed by atoms with Crippen LogP contribution in [0.3, 0.4) is 0 Å². The van der Waals surface area contributed by atoms with E-state index >= 15 is 0 Å². The average molecular weight is 460 g/mol. The third kappa shape index (κ3) is 4.05. The van der Waals surface area contributed by atoms with Crippen LogP contribution in [0.1, 0.15) is 0 Å². The zero-order valence-corrected chi connectivity index (χ0v) is 17.6.